The largest absolute Gasteiger partial charge is 0.366 e. The number of carbonyl (C=O) groups excluding carboxylic acids is 1. The molecule has 1 aliphatic rings. The Morgan fingerprint density at radius 1 is 0.955 bits per heavy atom. The van der Waals surface area contributed by atoms with Gasteiger partial charge in [0.2, 0.25) is 5.91 Å². The van der Waals surface area contributed by atoms with Gasteiger partial charge in [0.15, 0.2) is 0 Å². The molecule has 0 aromatic rings. The molecule has 128 valence electrons. The summed E-state index contributed by atoms with van der Waals surface area (Å²) >= 11 is 0. The molecule has 0 heterocycles. The zero-order chi connectivity index (χ0) is 16.0. The quantitative estimate of drug-likeness (QED) is 0.341. The number of primary amides is 1. The van der Waals surface area contributed by atoms with Crippen LogP contribution in [0.5, 0.6) is 0 Å². The summed E-state index contributed by atoms with van der Waals surface area (Å²) in [5.74, 6) is 1.66. The molecule has 0 radical (unpaired) electrons. The van der Waals surface area contributed by atoms with Crippen LogP contribution in [0, 0.1) is 11.8 Å². The molecule has 1 saturated carbocycles. The summed E-state index contributed by atoms with van der Waals surface area (Å²) in [5.41, 5.74) is 5.08. The van der Waals surface area contributed by atoms with Gasteiger partial charge in [-0.25, -0.2) is 0 Å². The van der Waals surface area contributed by atoms with Crippen LogP contribution in [0.25, 0.3) is 0 Å². The summed E-state index contributed by atoms with van der Waals surface area (Å²) in [6, 6.07) is 0. The molecule has 2 atom stereocenters. The number of unbranched alkanes of at least 4 members (excludes halogenated alkanes) is 7. The van der Waals surface area contributed by atoms with Crippen LogP contribution >= 0.6 is 0 Å². The van der Waals surface area contributed by atoms with Gasteiger partial charge in [0.1, 0.15) is 0 Å². The van der Waals surface area contributed by atoms with Crippen LogP contribution in [0.3, 0.4) is 0 Å². The highest BCUT2D eigenvalue weighted by Gasteiger charge is 2.25. The van der Waals surface area contributed by atoms with E-state index < -0.39 is 0 Å². The van der Waals surface area contributed by atoms with Crippen LogP contribution in [0.15, 0.2) is 12.2 Å². The number of allylic oxidation sites excluding steroid dienone is 1. The van der Waals surface area contributed by atoms with Gasteiger partial charge >= 0.3 is 0 Å². The lowest BCUT2D eigenvalue weighted by molar-refractivity contribution is -0.113. The minimum absolute atomic E-state index is 0.324. The third-order valence-electron chi connectivity index (χ3n) is 5.22. The average molecular weight is 308 g/mol. The maximum Gasteiger partial charge on any atom is 0.241 e. The van der Waals surface area contributed by atoms with Crippen molar-refractivity contribution in [1.29, 1.82) is 0 Å². The lowest BCUT2D eigenvalue weighted by Gasteiger charge is -2.19. The van der Waals surface area contributed by atoms with Crippen LogP contribution in [0.2, 0.25) is 0 Å². The lowest BCUT2D eigenvalue weighted by Crippen LogP contribution is -2.08. The van der Waals surface area contributed by atoms with Crippen LogP contribution in [-0.2, 0) is 4.79 Å². The second-order valence-corrected chi connectivity index (χ2v) is 7.10. The topological polar surface area (TPSA) is 43.1 Å². The summed E-state index contributed by atoms with van der Waals surface area (Å²) in [5, 5.41) is 0. The summed E-state index contributed by atoms with van der Waals surface area (Å²) < 4.78 is 0. The Morgan fingerprint density at radius 2 is 1.55 bits per heavy atom. The summed E-state index contributed by atoms with van der Waals surface area (Å²) in [6.45, 7) is 2.28. The van der Waals surface area contributed by atoms with Gasteiger partial charge in [0, 0.05) is 0 Å². The second-order valence-electron chi connectivity index (χ2n) is 7.10. The first kappa shape index (κ1) is 19.3. The van der Waals surface area contributed by atoms with Crippen molar-refractivity contribution >= 4 is 5.91 Å². The molecule has 2 nitrogen and oxygen atoms in total. The predicted molar refractivity (Wildman–Crippen MR) is 95.6 cm³/mol. The molecule has 0 aromatic heterocycles. The number of hydrogen-bond acceptors (Lipinski definition) is 1. The normalized spacial score (nSPS) is 21.7. The van der Waals surface area contributed by atoms with Crippen LogP contribution < -0.4 is 5.73 Å². The monoisotopic (exact) mass is 307 g/mol. The first-order valence-corrected chi connectivity index (χ1v) is 9.70. The third-order valence-corrected chi connectivity index (χ3v) is 5.22. The molecule has 0 aromatic carbocycles. The Kier molecular flexibility index (Phi) is 11.1. The Hall–Kier alpha value is -0.790. The standard InChI is InChI=1S/C20H37NO/c1-2-3-4-5-6-9-13-18-15-12-16-19(18)14-10-7-8-11-17-20(21)22/h11,17-19H,2-10,12-16H2,1H3,(H2,21,22)/t18-,19-/m0/s1. The minimum Gasteiger partial charge on any atom is -0.366 e. The van der Waals surface area contributed by atoms with Gasteiger partial charge in [0.25, 0.3) is 0 Å². The fourth-order valence-electron chi connectivity index (χ4n) is 3.93. The Labute approximate surface area is 137 Å². The molecule has 1 amide bonds. The molecule has 1 fully saturated rings. The molecule has 1 rings (SSSR count). The lowest BCUT2D eigenvalue weighted by atomic mass is 9.87. The second kappa shape index (κ2) is 12.7. The third kappa shape index (κ3) is 9.27. The molecule has 0 bridgehead atoms. The Bertz CT molecular complexity index is 311. The molecule has 0 spiro atoms. The molecule has 1 aliphatic carbocycles. The van der Waals surface area contributed by atoms with E-state index in [4.69, 9.17) is 5.73 Å². The molecule has 22 heavy (non-hydrogen) atoms. The van der Waals surface area contributed by atoms with Crippen molar-refractivity contribution in [2.75, 3.05) is 0 Å². The van der Waals surface area contributed by atoms with Crippen molar-refractivity contribution in [2.45, 2.75) is 96.8 Å². The summed E-state index contributed by atoms with van der Waals surface area (Å²) in [4.78, 5) is 10.6. The Morgan fingerprint density at radius 3 is 2.18 bits per heavy atom. The number of carbonyl (C=O) groups is 1. The van der Waals surface area contributed by atoms with Gasteiger partial charge in [-0.2, -0.15) is 0 Å². The van der Waals surface area contributed by atoms with Crippen molar-refractivity contribution in [3.05, 3.63) is 12.2 Å². The van der Waals surface area contributed by atoms with Gasteiger partial charge < -0.3 is 5.73 Å². The molecular formula is C20H37NO. The van der Waals surface area contributed by atoms with Crippen LogP contribution in [-0.4, -0.2) is 5.91 Å². The minimum atomic E-state index is -0.324. The van der Waals surface area contributed by atoms with E-state index in [0.717, 1.165) is 18.3 Å². The Balaban J connectivity index is 2.03. The van der Waals surface area contributed by atoms with E-state index in [-0.39, 0.29) is 5.91 Å². The summed E-state index contributed by atoms with van der Waals surface area (Å²) in [6.07, 6.45) is 22.7. The van der Waals surface area contributed by atoms with E-state index in [1.807, 2.05) is 6.08 Å². The van der Waals surface area contributed by atoms with Gasteiger partial charge in [-0.05, 0) is 30.8 Å². The molecule has 0 saturated heterocycles. The number of hydrogen-bond donors (Lipinski definition) is 1. The van der Waals surface area contributed by atoms with Gasteiger partial charge in [-0.1, -0.05) is 90.0 Å². The van der Waals surface area contributed by atoms with Crippen molar-refractivity contribution in [3.8, 4) is 0 Å². The van der Waals surface area contributed by atoms with Crippen molar-refractivity contribution in [1.82, 2.24) is 0 Å². The van der Waals surface area contributed by atoms with Crippen LogP contribution in [0.1, 0.15) is 96.8 Å². The first-order chi connectivity index (χ1) is 10.7. The molecule has 2 heteroatoms. The number of nitrogens with two attached hydrogens (primary N) is 1. The van der Waals surface area contributed by atoms with Gasteiger partial charge in [-0.3, -0.25) is 4.79 Å². The van der Waals surface area contributed by atoms with Crippen molar-refractivity contribution in [3.63, 3.8) is 0 Å². The van der Waals surface area contributed by atoms with E-state index in [2.05, 4.69) is 6.92 Å². The maximum atomic E-state index is 10.6. The highest BCUT2D eigenvalue weighted by molar-refractivity contribution is 5.85. The average Bonchev–Trinajstić information content (AvgIpc) is 2.93. The molecule has 2 N–H and O–H groups in total. The van der Waals surface area contributed by atoms with E-state index in [0.29, 0.717) is 0 Å². The maximum absolute atomic E-state index is 10.6. The van der Waals surface area contributed by atoms with E-state index >= 15 is 0 Å². The SMILES string of the molecule is CCCCCCCC[C@H]1CCC[C@@H]1CCCCC=CC(N)=O. The van der Waals surface area contributed by atoms with E-state index in [1.165, 1.54) is 89.5 Å². The fourth-order valence-corrected chi connectivity index (χ4v) is 3.93. The number of rotatable bonds is 13. The smallest absolute Gasteiger partial charge is 0.241 e. The first-order valence-electron chi connectivity index (χ1n) is 9.70. The van der Waals surface area contributed by atoms with Gasteiger partial charge in [-0.15, -0.1) is 0 Å². The van der Waals surface area contributed by atoms with Crippen LogP contribution in [0.4, 0.5) is 0 Å². The summed E-state index contributed by atoms with van der Waals surface area (Å²) in [7, 11) is 0. The molecule has 0 aliphatic heterocycles. The van der Waals surface area contributed by atoms with Gasteiger partial charge in [0.05, 0.1) is 0 Å². The van der Waals surface area contributed by atoms with Crippen molar-refractivity contribution < 1.29 is 4.79 Å². The zero-order valence-corrected chi connectivity index (χ0v) is 14.7. The highest BCUT2D eigenvalue weighted by atomic mass is 16.1. The molecular weight excluding hydrogens is 270 g/mol. The predicted octanol–water partition coefficient (Wildman–Crippen LogP) is 5.76. The molecule has 0 unspecified atom stereocenters. The van der Waals surface area contributed by atoms with E-state index in [1.54, 1.807) is 0 Å². The van der Waals surface area contributed by atoms with Crippen molar-refractivity contribution in [2.24, 2.45) is 17.6 Å². The number of amides is 1. The highest BCUT2D eigenvalue weighted by Crippen LogP contribution is 2.38. The van der Waals surface area contributed by atoms with E-state index in [9.17, 15) is 4.79 Å². The zero-order valence-electron chi connectivity index (χ0n) is 14.7. The fraction of sp³-hybridized carbons (Fsp3) is 0.850.